The van der Waals surface area contributed by atoms with Crippen molar-refractivity contribution in [3.63, 3.8) is 0 Å². The average Bonchev–Trinajstić information content (AvgIpc) is 2.57. The van der Waals surface area contributed by atoms with Crippen LogP contribution in [0.3, 0.4) is 0 Å². The minimum atomic E-state index is -0.774. The molecule has 1 amide bonds. The van der Waals surface area contributed by atoms with Gasteiger partial charge in [0.05, 0.1) is 0 Å². The number of nitrogens with one attached hydrogen (secondary N) is 3. The van der Waals surface area contributed by atoms with Gasteiger partial charge < -0.3 is 10.1 Å². The number of amides is 1. The summed E-state index contributed by atoms with van der Waals surface area (Å²) in [7, 11) is 0. The van der Waals surface area contributed by atoms with Gasteiger partial charge in [-0.2, -0.15) is 0 Å². The van der Waals surface area contributed by atoms with Crippen LogP contribution in [-0.4, -0.2) is 17.1 Å². The van der Waals surface area contributed by atoms with Crippen LogP contribution >= 0.6 is 12.2 Å². The molecule has 0 saturated carbocycles. The summed E-state index contributed by atoms with van der Waals surface area (Å²) in [5, 5.41) is 3.24. The van der Waals surface area contributed by atoms with E-state index < -0.39 is 12.0 Å². The third-order valence-electron chi connectivity index (χ3n) is 3.19. The number of hydrogen-bond donors (Lipinski definition) is 3. The molecule has 0 radical (unpaired) electrons. The Labute approximate surface area is 145 Å². The number of ether oxygens (including phenoxy) is 1. The summed E-state index contributed by atoms with van der Waals surface area (Å²) in [6, 6.07) is 13.1. The van der Waals surface area contributed by atoms with Gasteiger partial charge in [0.15, 0.2) is 11.2 Å². The molecule has 0 aromatic heterocycles. The Hall–Kier alpha value is -2.67. The average molecular weight is 347 g/mol. The highest BCUT2D eigenvalue weighted by Crippen LogP contribution is 2.13. The third-order valence-corrected chi connectivity index (χ3v) is 3.39. The molecule has 2 aromatic rings. The van der Waals surface area contributed by atoms with Gasteiger partial charge in [-0.3, -0.25) is 15.6 Å². The molecule has 0 aliphatic carbocycles. The molecule has 24 heavy (non-hydrogen) atoms. The fourth-order valence-corrected chi connectivity index (χ4v) is 2.02. The molecule has 0 fully saturated rings. The fraction of sp³-hybridized carbons (Fsp3) is 0.176. The van der Waals surface area contributed by atoms with E-state index in [2.05, 4.69) is 16.2 Å². The van der Waals surface area contributed by atoms with E-state index in [4.69, 9.17) is 17.0 Å². The lowest BCUT2D eigenvalue weighted by Crippen LogP contribution is -2.48. The molecule has 0 aliphatic heterocycles. The standard InChI is InChI=1S/C17H18FN3O2S/c1-11-5-3-4-6-15(11)19-17(24)21-20-16(22)12(2)23-14-9-7-13(18)8-10-14/h3-10,12H,1-2H3,(H,20,22)(H2,19,21,24)/t12-/m1/s1. The highest BCUT2D eigenvalue weighted by Gasteiger charge is 2.14. The summed E-state index contributed by atoms with van der Waals surface area (Å²) in [4.78, 5) is 12.0. The van der Waals surface area contributed by atoms with Crippen molar-refractivity contribution in [2.45, 2.75) is 20.0 Å². The Morgan fingerprint density at radius 3 is 2.46 bits per heavy atom. The number of hydrogen-bond acceptors (Lipinski definition) is 3. The van der Waals surface area contributed by atoms with E-state index in [9.17, 15) is 9.18 Å². The maximum absolute atomic E-state index is 12.8. The van der Waals surface area contributed by atoms with Gasteiger partial charge in [0.25, 0.3) is 5.91 Å². The third kappa shape index (κ3) is 5.20. The van der Waals surface area contributed by atoms with Crippen LogP contribution in [0.5, 0.6) is 5.75 Å². The van der Waals surface area contributed by atoms with Gasteiger partial charge >= 0.3 is 0 Å². The fourth-order valence-electron chi connectivity index (χ4n) is 1.86. The van der Waals surface area contributed by atoms with Crippen molar-refractivity contribution < 1.29 is 13.9 Å². The Bertz CT molecular complexity index is 722. The van der Waals surface area contributed by atoms with Crippen LogP contribution in [0.15, 0.2) is 48.5 Å². The Morgan fingerprint density at radius 1 is 1.12 bits per heavy atom. The number of para-hydroxylation sites is 1. The minimum Gasteiger partial charge on any atom is -0.481 e. The van der Waals surface area contributed by atoms with Crippen LogP contribution in [-0.2, 0) is 4.79 Å². The molecule has 0 bridgehead atoms. The van der Waals surface area contributed by atoms with E-state index in [0.29, 0.717) is 5.75 Å². The van der Waals surface area contributed by atoms with Gasteiger partial charge in [0.2, 0.25) is 0 Å². The number of thiocarbonyl (C=S) groups is 1. The molecule has 0 saturated heterocycles. The van der Waals surface area contributed by atoms with Crippen molar-refractivity contribution in [1.29, 1.82) is 0 Å². The minimum absolute atomic E-state index is 0.256. The van der Waals surface area contributed by atoms with Gasteiger partial charge in [0.1, 0.15) is 11.6 Å². The Kier molecular flexibility index (Phi) is 6.08. The normalized spacial score (nSPS) is 11.3. The van der Waals surface area contributed by atoms with Crippen molar-refractivity contribution in [3.05, 3.63) is 59.9 Å². The molecule has 3 N–H and O–H groups in total. The number of carbonyl (C=O) groups is 1. The zero-order valence-electron chi connectivity index (χ0n) is 13.3. The van der Waals surface area contributed by atoms with Crippen LogP contribution in [0.2, 0.25) is 0 Å². The lowest BCUT2D eigenvalue weighted by atomic mass is 10.2. The number of aryl methyl sites for hydroxylation is 1. The lowest BCUT2D eigenvalue weighted by molar-refractivity contribution is -0.127. The number of halogens is 1. The molecule has 0 spiro atoms. The van der Waals surface area contributed by atoms with Crippen molar-refractivity contribution in [3.8, 4) is 5.75 Å². The first-order chi connectivity index (χ1) is 11.5. The summed E-state index contributed by atoms with van der Waals surface area (Å²) in [5.74, 6) is -0.373. The van der Waals surface area contributed by atoms with Gasteiger partial charge in [0, 0.05) is 5.69 Å². The molecule has 0 aliphatic rings. The Morgan fingerprint density at radius 2 is 1.79 bits per heavy atom. The van der Waals surface area contributed by atoms with E-state index in [-0.39, 0.29) is 10.9 Å². The molecule has 2 rings (SSSR count). The van der Waals surface area contributed by atoms with Crippen molar-refractivity contribution in [2.24, 2.45) is 0 Å². The largest absolute Gasteiger partial charge is 0.481 e. The highest BCUT2D eigenvalue weighted by molar-refractivity contribution is 7.80. The van der Waals surface area contributed by atoms with Gasteiger partial charge in [-0.25, -0.2) is 4.39 Å². The van der Waals surface area contributed by atoms with Crippen molar-refractivity contribution in [2.75, 3.05) is 5.32 Å². The molecule has 0 heterocycles. The zero-order chi connectivity index (χ0) is 17.5. The summed E-state index contributed by atoms with van der Waals surface area (Å²) >= 11 is 5.13. The summed E-state index contributed by atoms with van der Waals surface area (Å²) < 4.78 is 18.3. The van der Waals surface area contributed by atoms with Crippen molar-refractivity contribution >= 4 is 28.9 Å². The zero-order valence-corrected chi connectivity index (χ0v) is 14.1. The van der Waals surface area contributed by atoms with E-state index in [0.717, 1.165) is 11.3 Å². The monoisotopic (exact) mass is 347 g/mol. The Balaban J connectivity index is 1.80. The number of carbonyl (C=O) groups excluding carboxylic acids is 1. The van der Waals surface area contributed by atoms with Crippen LogP contribution in [0, 0.1) is 12.7 Å². The maximum Gasteiger partial charge on any atom is 0.279 e. The molecule has 2 aromatic carbocycles. The molecule has 1 atom stereocenters. The number of hydrazine groups is 1. The smallest absolute Gasteiger partial charge is 0.279 e. The topological polar surface area (TPSA) is 62.4 Å². The maximum atomic E-state index is 12.8. The number of rotatable bonds is 4. The van der Waals surface area contributed by atoms with Crippen LogP contribution in [0.25, 0.3) is 0 Å². The second-order valence-electron chi connectivity index (χ2n) is 5.10. The molecular formula is C17H18FN3O2S. The molecular weight excluding hydrogens is 329 g/mol. The van der Waals surface area contributed by atoms with E-state index in [1.165, 1.54) is 24.3 Å². The van der Waals surface area contributed by atoms with Crippen LogP contribution < -0.4 is 20.9 Å². The summed E-state index contributed by atoms with van der Waals surface area (Å²) in [6.45, 7) is 3.53. The van der Waals surface area contributed by atoms with Crippen LogP contribution in [0.4, 0.5) is 10.1 Å². The summed E-state index contributed by atoms with van der Waals surface area (Å²) in [6.07, 6.45) is -0.774. The number of benzene rings is 2. The second kappa shape index (κ2) is 8.26. The van der Waals surface area contributed by atoms with E-state index in [1.807, 2.05) is 31.2 Å². The first-order valence-electron chi connectivity index (χ1n) is 7.30. The van der Waals surface area contributed by atoms with E-state index >= 15 is 0 Å². The molecule has 0 unspecified atom stereocenters. The lowest BCUT2D eigenvalue weighted by Gasteiger charge is -2.17. The predicted octanol–water partition coefficient (Wildman–Crippen LogP) is 2.92. The first kappa shape index (κ1) is 17.7. The first-order valence-corrected chi connectivity index (χ1v) is 7.71. The summed E-state index contributed by atoms with van der Waals surface area (Å²) in [5.41, 5.74) is 6.95. The SMILES string of the molecule is Cc1ccccc1NC(=S)NNC(=O)[C@@H](C)Oc1ccc(F)cc1. The number of anilines is 1. The van der Waals surface area contributed by atoms with Gasteiger partial charge in [-0.05, 0) is 62.0 Å². The van der Waals surface area contributed by atoms with E-state index in [1.54, 1.807) is 6.92 Å². The molecule has 7 heteroatoms. The van der Waals surface area contributed by atoms with Gasteiger partial charge in [-0.15, -0.1) is 0 Å². The quantitative estimate of drug-likeness (QED) is 0.586. The van der Waals surface area contributed by atoms with Crippen molar-refractivity contribution in [1.82, 2.24) is 10.9 Å². The van der Waals surface area contributed by atoms with Gasteiger partial charge in [-0.1, -0.05) is 18.2 Å². The highest BCUT2D eigenvalue weighted by atomic mass is 32.1. The predicted molar refractivity (Wildman–Crippen MR) is 95.2 cm³/mol. The van der Waals surface area contributed by atoms with Crippen LogP contribution in [0.1, 0.15) is 12.5 Å². The molecule has 126 valence electrons. The second-order valence-corrected chi connectivity index (χ2v) is 5.51. The molecule has 5 nitrogen and oxygen atoms in total.